The summed E-state index contributed by atoms with van der Waals surface area (Å²) in [4.78, 5) is 31.3. The summed E-state index contributed by atoms with van der Waals surface area (Å²) in [5.41, 5.74) is 2.43. The molecule has 0 spiro atoms. The Bertz CT molecular complexity index is 1640. The molecule has 5 aromatic rings. The van der Waals surface area contributed by atoms with Crippen molar-refractivity contribution < 1.29 is 18.7 Å². The Labute approximate surface area is 190 Å². The van der Waals surface area contributed by atoms with Crippen molar-refractivity contribution in [2.24, 2.45) is 0 Å². The van der Waals surface area contributed by atoms with Crippen LogP contribution >= 0.6 is 0 Å². The summed E-state index contributed by atoms with van der Waals surface area (Å²) in [7, 11) is 1.36. The minimum atomic E-state index is -1.17. The second-order valence-corrected chi connectivity index (χ2v) is 7.79. The van der Waals surface area contributed by atoms with Crippen molar-refractivity contribution >= 4 is 33.8 Å². The van der Waals surface area contributed by atoms with Gasteiger partial charge in [0.15, 0.2) is 0 Å². The largest absolute Gasteiger partial charge is 0.465 e. The van der Waals surface area contributed by atoms with Crippen LogP contribution in [-0.4, -0.2) is 38.4 Å². The molecule has 0 radical (unpaired) electrons. The van der Waals surface area contributed by atoms with Crippen LogP contribution < -0.4 is 10.5 Å². The van der Waals surface area contributed by atoms with Gasteiger partial charge in [-0.15, -0.1) is 0 Å². The van der Waals surface area contributed by atoms with Crippen molar-refractivity contribution in [1.82, 2.24) is 20.2 Å². The zero-order valence-corrected chi connectivity index (χ0v) is 17.8. The molecule has 0 aliphatic rings. The lowest BCUT2D eigenvalue weighted by molar-refractivity contribution is 0.203. The average Bonchev–Trinajstić information content (AvgIpc) is 3.25. The maximum Gasteiger partial charge on any atom is 0.413 e. The zero-order chi connectivity index (χ0) is 24.0. The van der Waals surface area contributed by atoms with Crippen molar-refractivity contribution in [3.05, 3.63) is 87.8 Å². The van der Waals surface area contributed by atoms with E-state index >= 15 is 0 Å². The smallest absolute Gasteiger partial charge is 0.413 e. The van der Waals surface area contributed by atoms with Crippen molar-refractivity contribution in [3.63, 3.8) is 0 Å². The number of imidazole rings is 1. The number of benzene rings is 3. The number of halogens is 2. The van der Waals surface area contributed by atoms with Crippen molar-refractivity contribution in [1.29, 1.82) is 0 Å². The summed E-state index contributed by atoms with van der Waals surface area (Å²) in [5.74, 6) is -0.872. The first kappa shape index (κ1) is 21.3. The van der Waals surface area contributed by atoms with E-state index < -0.39 is 23.3 Å². The van der Waals surface area contributed by atoms with Gasteiger partial charge in [0, 0.05) is 24.4 Å². The summed E-state index contributed by atoms with van der Waals surface area (Å²) >= 11 is 0. The van der Waals surface area contributed by atoms with Crippen molar-refractivity contribution in [3.8, 4) is 11.1 Å². The highest BCUT2D eigenvalue weighted by molar-refractivity contribution is 5.89. The highest BCUT2D eigenvalue weighted by Gasteiger charge is 2.16. The molecule has 0 atom stereocenters. The number of hydrogen-bond donors (Lipinski definition) is 3. The number of hydrogen-bond acceptors (Lipinski definition) is 4. The van der Waals surface area contributed by atoms with E-state index in [-0.39, 0.29) is 23.1 Å². The second kappa shape index (κ2) is 8.07. The molecule has 2 heterocycles. The molecule has 0 unspecified atom stereocenters. The number of carbonyl (C=O) groups is 1. The average molecular weight is 461 g/mol. The lowest BCUT2D eigenvalue weighted by Crippen LogP contribution is -2.24. The van der Waals surface area contributed by atoms with Gasteiger partial charge in [0.25, 0.3) is 5.56 Å². The van der Waals surface area contributed by atoms with Gasteiger partial charge in [-0.3, -0.25) is 9.69 Å². The fourth-order valence-electron chi connectivity index (χ4n) is 3.88. The van der Waals surface area contributed by atoms with Crippen molar-refractivity contribution in [2.45, 2.75) is 6.42 Å². The molecule has 3 N–H and O–H groups in total. The molecule has 1 amide bonds. The van der Waals surface area contributed by atoms with E-state index in [0.29, 0.717) is 33.4 Å². The van der Waals surface area contributed by atoms with Gasteiger partial charge < -0.3 is 10.1 Å². The number of nitrogens with one attached hydrogen (secondary N) is 2. The minimum absolute atomic E-state index is 0.131. The number of amides is 1. The quantitative estimate of drug-likeness (QED) is 0.366. The molecular weight excluding hydrogens is 444 g/mol. The molecule has 0 bridgehead atoms. The summed E-state index contributed by atoms with van der Waals surface area (Å²) in [6.45, 7) is 0. The Morgan fingerprint density at radius 2 is 1.91 bits per heavy atom. The number of aromatic nitrogens is 4. The molecule has 170 valence electrons. The highest BCUT2D eigenvalue weighted by atomic mass is 19.1. The Morgan fingerprint density at radius 1 is 1.09 bits per heavy atom. The lowest BCUT2D eigenvalue weighted by atomic mass is 9.98. The van der Waals surface area contributed by atoms with Crippen LogP contribution in [0, 0.1) is 11.6 Å². The lowest BCUT2D eigenvalue weighted by Gasteiger charge is -2.09. The van der Waals surface area contributed by atoms with E-state index in [0.717, 1.165) is 4.90 Å². The number of aromatic amines is 2. The number of anilines is 1. The van der Waals surface area contributed by atoms with Gasteiger partial charge in [-0.1, -0.05) is 18.2 Å². The Morgan fingerprint density at radius 3 is 2.71 bits per heavy atom. The summed E-state index contributed by atoms with van der Waals surface area (Å²) in [6, 6.07) is 13.8. The van der Waals surface area contributed by atoms with Crippen LogP contribution in [0.1, 0.15) is 11.3 Å². The SMILES string of the molecule is CN(C(=O)O)c1nc2ccc(-c3cc(Cc4n[nH]c(=O)c5cccc(F)c45)ccc3F)cc2[nH]1. The fraction of sp³-hybridized carbons (Fsp3) is 0.0833. The molecular formula is C24H17F2N5O3. The number of rotatable bonds is 4. The van der Waals surface area contributed by atoms with Crippen LogP contribution in [0.25, 0.3) is 32.9 Å². The number of carboxylic acid groups (broad SMARTS) is 1. The van der Waals surface area contributed by atoms with Crippen LogP contribution in [-0.2, 0) is 6.42 Å². The van der Waals surface area contributed by atoms with Crippen LogP contribution in [0.5, 0.6) is 0 Å². The molecule has 8 nitrogen and oxygen atoms in total. The normalized spacial score (nSPS) is 11.3. The Kier molecular flexibility index (Phi) is 5.05. The summed E-state index contributed by atoms with van der Waals surface area (Å²) < 4.78 is 29.3. The third-order valence-corrected chi connectivity index (χ3v) is 5.63. The topological polar surface area (TPSA) is 115 Å². The van der Waals surface area contributed by atoms with Gasteiger partial charge in [0.2, 0.25) is 5.95 Å². The molecule has 0 aliphatic heterocycles. The van der Waals surface area contributed by atoms with Crippen LogP contribution in [0.2, 0.25) is 0 Å². The van der Waals surface area contributed by atoms with E-state index in [1.54, 1.807) is 30.3 Å². The maximum atomic E-state index is 14.8. The molecule has 0 fully saturated rings. The van der Waals surface area contributed by atoms with E-state index in [2.05, 4.69) is 20.2 Å². The van der Waals surface area contributed by atoms with E-state index in [9.17, 15) is 18.4 Å². The van der Waals surface area contributed by atoms with Gasteiger partial charge in [0.1, 0.15) is 11.6 Å². The Hall–Kier alpha value is -4.60. The first-order valence-corrected chi connectivity index (χ1v) is 10.2. The predicted molar refractivity (Wildman–Crippen MR) is 123 cm³/mol. The molecule has 0 saturated carbocycles. The first-order chi connectivity index (χ1) is 16.3. The van der Waals surface area contributed by atoms with Gasteiger partial charge >= 0.3 is 6.09 Å². The van der Waals surface area contributed by atoms with E-state index in [1.807, 2.05) is 0 Å². The van der Waals surface area contributed by atoms with E-state index in [4.69, 9.17) is 5.11 Å². The summed E-state index contributed by atoms with van der Waals surface area (Å²) in [5, 5.41) is 15.9. The van der Waals surface area contributed by atoms with Gasteiger partial charge in [-0.2, -0.15) is 5.10 Å². The highest BCUT2D eigenvalue weighted by Crippen LogP contribution is 2.29. The number of nitrogens with zero attached hydrogens (tertiary/aromatic N) is 3. The standard InChI is InChI=1S/C24H17F2N5O3/c1-31(24(33)34)23-27-18-8-6-13(11-19(18)28-23)15-9-12(5-7-16(15)25)10-20-21-14(22(32)30-29-20)3-2-4-17(21)26/h2-9,11H,10H2,1H3,(H,27,28)(H,30,32)(H,33,34). The minimum Gasteiger partial charge on any atom is -0.465 e. The van der Waals surface area contributed by atoms with Crippen LogP contribution in [0.15, 0.2) is 59.4 Å². The second-order valence-electron chi connectivity index (χ2n) is 7.79. The Balaban J connectivity index is 1.55. The zero-order valence-electron chi connectivity index (χ0n) is 17.8. The monoisotopic (exact) mass is 461 g/mol. The maximum absolute atomic E-state index is 14.8. The van der Waals surface area contributed by atoms with Gasteiger partial charge in [-0.05, 0) is 47.5 Å². The predicted octanol–water partition coefficient (Wildman–Crippen LogP) is 4.45. The summed E-state index contributed by atoms with van der Waals surface area (Å²) in [6.07, 6.45) is -1.00. The number of fused-ring (bicyclic) bond motifs is 2. The third-order valence-electron chi connectivity index (χ3n) is 5.63. The fourth-order valence-corrected chi connectivity index (χ4v) is 3.88. The number of H-pyrrole nitrogens is 2. The van der Waals surface area contributed by atoms with Gasteiger partial charge in [-0.25, -0.2) is 23.7 Å². The molecule has 0 aliphatic carbocycles. The molecule has 0 saturated heterocycles. The molecule has 34 heavy (non-hydrogen) atoms. The molecule has 3 aromatic carbocycles. The van der Waals surface area contributed by atoms with Gasteiger partial charge in [0.05, 0.1) is 22.1 Å². The molecule has 5 rings (SSSR count). The molecule has 10 heteroatoms. The van der Waals surface area contributed by atoms with Crippen molar-refractivity contribution in [2.75, 3.05) is 11.9 Å². The van der Waals surface area contributed by atoms with Crippen LogP contribution in [0.3, 0.4) is 0 Å². The molecule has 2 aromatic heterocycles. The first-order valence-electron chi connectivity index (χ1n) is 10.2. The van der Waals surface area contributed by atoms with Crippen LogP contribution in [0.4, 0.5) is 19.5 Å². The third kappa shape index (κ3) is 3.64. The van der Waals surface area contributed by atoms with E-state index in [1.165, 1.54) is 31.3 Å².